The maximum absolute atomic E-state index is 10.5. The van der Waals surface area contributed by atoms with Crippen molar-refractivity contribution in [1.29, 1.82) is 0 Å². The average molecular weight is 193 g/mol. The van der Waals surface area contributed by atoms with Crippen LogP contribution >= 0.6 is 0 Å². The highest BCUT2D eigenvalue weighted by Gasteiger charge is 2.11. The van der Waals surface area contributed by atoms with Crippen molar-refractivity contribution in [3.8, 4) is 5.75 Å². The van der Waals surface area contributed by atoms with Gasteiger partial charge in [-0.05, 0) is 38.0 Å². The molecule has 1 aromatic rings. The van der Waals surface area contributed by atoms with E-state index < -0.39 is 12.1 Å². The molecule has 1 unspecified atom stereocenters. The molecule has 3 heteroatoms. The third kappa shape index (κ3) is 2.76. The Labute approximate surface area is 83.3 Å². The van der Waals surface area contributed by atoms with Crippen molar-refractivity contribution in [2.75, 3.05) is 0 Å². The number of carboxylic acids is 1. The summed E-state index contributed by atoms with van der Waals surface area (Å²) in [6.07, 6.45) is -0.159. The Morgan fingerprint density at radius 1 is 1.64 bits per heavy atom. The van der Waals surface area contributed by atoms with Crippen molar-refractivity contribution in [3.63, 3.8) is 0 Å². The number of ether oxygens (including phenoxy) is 1. The Balaban J connectivity index is 2.71. The summed E-state index contributed by atoms with van der Waals surface area (Å²) in [5.41, 5.74) is 1.03. The van der Waals surface area contributed by atoms with Crippen LogP contribution in [0.5, 0.6) is 5.75 Å². The molecule has 0 aliphatic heterocycles. The first-order valence-electron chi connectivity index (χ1n) is 4.41. The van der Waals surface area contributed by atoms with E-state index in [1.807, 2.05) is 12.1 Å². The lowest BCUT2D eigenvalue weighted by Crippen LogP contribution is -2.22. The van der Waals surface area contributed by atoms with Crippen molar-refractivity contribution in [3.05, 3.63) is 36.8 Å². The third-order valence-corrected chi connectivity index (χ3v) is 1.85. The van der Waals surface area contributed by atoms with Gasteiger partial charge in [-0.15, -0.1) is 0 Å². The second kappa shape index (κ2) is 4.65. The molecule has 3 nitrogen and oxygen atoms in total. The van der Waals surface area contributed by atoms with E-state index in [0.717, 1.165) is 5.56 Å². The van der Waals surface area contributed by atoms with Gasteiger partial charge >= 0.3 is 5.97 Å². The largest absolute Gasteiger partial charge is 0.479 e. The van der Waals surface area contributed by atoms with E-state index >= 15 is 0 Å². The van der Waals surface area contributed by atoms with Crippen LogP contribution in [-0.4, -0.2) is 17.2 Å². The van der Waals surface area contributed by atoms with Crippen LogP contribution in [0.1, 0.15) is 12.5 Å². The van der Waals surface area contributed by atoms with Gasteiger partial charge in [0.1, 0.15) is 5.75 Å². The van der Waals surface area contributed by atoms with Crippen molar-refractivity contribution in [2.45, 2.75) is 19.4 Å². The molecule has 1 atom stereocenters. The van der Waals surface area contributed by atoms with Gasteiger partial charge in [0.2, 0.25) is 0 Å². The molecule has 0 aromatic heterocycles. The molecule has 0 saturated heterocycles. The molecular formula is C11H13O3. The quantitative estimate of drug-likeness (QED) is 0.794. The lowest BCUT2D eigenvalue weighted by molar-refractivity contribution is -0.144. The zero-order chi connectivity index (χ0) is 10.6. The number of hydrogen-bond donors (Lipinski definition) is 1. The van der Waals surface area contributed by atoms with Crippen molar-refractivity contribution >= 4 is 5.97 Å². The minimum absolute atomic E-state index is 0.570. The molecule has 1 radical (unpaired) electrons. The summed E-state index contributed by atoms with van der Waals surface area (Å²) in [7, 11) is 0. The molecule has 1 aromatic carbocycles. The Morgan fingerprint density at radius 3 is 2.93 bits per heavy atom. The topological polar surface area (TPSA) is 46.5 Å². The van der Waals surface area contributed by atoms with Crippen LogP contribution in [0, 0.1) is 6.92 Å². The predicted octanol–water partition coefficient (Wildman–Crippen LogP) is 1.92. The summed E-state index contributed by atoms with van der Waals surface area (Å²) in [5.74, 6) is -0.397. The molecule has 14 heavy (non-hydrogen) atoms. The second-order valence-electron chi connectivity index (χ2n) is 3.00. The lowest BCUT2D eigenvalue weighted by atomic mass is 10.2. The molecule has 1 rings (SSSR count). The number of carboxylic acid groups (broad SMARTS) is 1. The second-order valence-corrected chi connectivity index (χ2v) is 3.00. The molecule has 0 amide bonds. The fourth-order valence-corrected chi connectivity index (χ4v) is 1.03. The molecule has 0 saturated carbocycles. The predicted molar refractivity (Wildman–Crippen MR) is 53.2 cm³/mol. The molecular weight excluding hydrogens is 180 g/mol. The first-order valence-corrected chi connectivity index (χ1v) is 4.41. The van der Waals surface area contributed by atoms with Gasteiger partial charge in [0, 0.05) is 0 Å². The molecule has 0 spiro atoms. The first kappa shape index (κ1) is 10.6. The van der Waals surface area contributed by atoms with Gasteiger partial charge in [0.05, 0.1) is 0 Å². The fourth-order valence-electron chi connectivity index (χ4n) is 1.03. The van der Waals surface area contributed by atoms with E-state index in [9.17, 15) is 4.79 Å². The van der Waals surface area contributed by atoms with Crippen LogP contribution in [-0.2, 0) is 11.2 Å². The first-order chi connectivity index (χ1) is 6.63. The minimum atomic E-state index is -0.968. The maximum atomic E-state index is 10.5. The van der Waals surface area contributed by atoms with Gasteiger partial charge in [0.15, 0.2) is 6.10 Å². The van der Waals surface area contributed by atoms with E-state index in [0.29, 0.717) is 12.2 Å². The number of benzene rings is 1. The van der Waals surface area contributed by atoms with E-state index in [2.05, 4.69) is 6.92 Å². The zero-order valence-electron chi connectivity index (χ0n) is 8.06. The highest BCUT2D eigenvalue weighted by Crippen LogP contribution is 2.15. The summed E-state index contributed by atoms with van der Waals surface area (Å²) in [4.78, 5) is 10.5. The van der Waals surface area contributed by atoms with Crippen molar-refractivity contribution in [1.82, 2.24) is 0 Å². The zero-order valence-corrected chi connectivity index (χ0v) is 8.06. The fraction of sp³-hybridized carbons (Fsp3) is 0.273. The van der Waals surface area contributed by atoms with E-state index in [-0.39, 0.29) is 0 Å². The van der Waals surface area contributed by atoms with E-state index in [1.54, 1.807) is 12.1 Å². The summed E-state index contributed by atoms with van der Waals surface area (Å²) in [6, 6.07) is 7.28. The molecule has 0 aliphatic rings. The van der Waals surface area contributed by atoms with Crippen molar-refractivity contribution in [2.24, 2.45) is 0 Å². The van der Waals surface area contributed by atoms with Crippen LogP contribution in [0.2, 0.25) is 0 Å². The van der Waals surface area contributed by atoms with Gasteiger partial charge < -0.3 is 9.84 Å². The Bertz CT molecular complexity index is 320. The average Bonchev–Trinajstić information content (AvgIpc) is 2.18. The molecule has 0 bridgehead atoms. The van der Waals surface area contributed by atoms with E-state index in [1.165, 1.54) is 6.92 Å². The van der Waals surface area contributed by atoms with Gasteiger partial charge in [-0.2, -0.15) is 0 Å². The van der Waals surface area contributed by atoms with Gasteiger partial charge in [-0.3, -0.25) is 0 Å². The summed E-state index contributed by atoms with van der Waals surface area (Å²) >= 11 is 0. The van der Waals surface area contributed by atoms with Crippen LogP contribution in [0.4, 0.5) is 0 Å². The summed E-state index contributed by atoms with van der Waals surface area (Å²) in [6.45, 7) is 5.24. The normalized spacial score (nSPS) is 12.1. The number of rotatable bonds is 4. The number of aliphatic carboxylic acids is 1. The Hall–Kier alpha value is -1.51. The highest BCUT2D eigenvalue weighted by atomic mass is 16.5. The number of hydrogen-bond acceptors (Lipinski definition) is 2. The molecule has 0 fully saturated rings. The standard InChI is InChI=1S/C11H13O3/c1-3-9-5-4-6-10(7-9)14-8(2)11(12)13/h4-8H,1,3H2,2H3,(H,12,13). The molecule has 1 N–H and O–H groups in total. The minimum Gasteiger partial charge on any atom is -0.479 e. The van der Waals surface area contributed by atoms with Crippen molar-refractivity contribution < 1.29 is 14.6 Å². The summed E-state index contributed by atoms with van der Waals surface area (Å²) < 4.78 is 5.19. The van der Waals surface area contributed by atoms with Crippen LogP contribution in [0.15, 0.2) is 24.3 Å². The van der Waals surface area contributed by atoms with E-state index in [4.69, 9.17) is 9.84 Å². The lowest BCUT2D eigenvalue weighted by Gasteiger charge is -2.10. The van der Waals surface area contributed by atoms with Gasteiger partial charge in [-0.1, -0.05) is 12.1 Å². The molecule has 0 aliphatic carbocycles. The summed E-state index contributed by atoms with van der Waals surface area (Å²) in [5, 5.41) is 8.63. The Kier molecular flexibility index (Phi) is 3.51. The smallest absolute Gasteiger partial charge is 0.344 e. The van der Waals surface area contributed by atoms with Crippen LogP contribution in [0.25, 0.3) is 0 Å². The van der Waals surface area contributed by atoms with Gasteiger partial charge in [0.25, 0.3) is 0 Å². The maximum Gasteiger partial charge on any atom is 0.344 e. The molecule has 0 heterocycles. The van der Waals surface area contributed by atoms with Crippen LogP contribution < -0.4 is 4.74 Å². The third-order valence-electron chi connectivity index (χ3n) is 1.85. The van der Waals surface area contributed by atoms with Gasteiger partial charge in [-0.25, -0.2) is 4.79 Å². The monoisotopic (exact) mass is 193 g/mol. The SMILES string of the molecule is [CH2]Cc1cccc(OC(C)C(=O)O)c1. The molecule has 75 valence electrons. The Morgan fingerprint density at radius 2 is 2.36 bits per heavy atom. The van der Waals surface area contributed by atoms with Crippen LogP contribution in [0.3, 0.4) is 0 Å². The number of carbonyl (C=O) groups is 1. The highest BCUT2D eigenvalue weighted by molar-refractivity contribution is 5.72.